The molecule has 3 aromatic carbocycles. The minimum atomic E-state index is -0.859. The lowest BCUT2D eigenvalue weighted by atomic mass is 10.0. The fraction of sp³-hybridized carbons (Fsp3) is 0.286. The summed E-state index contributed by atoms with van der Waals surface area (Å²) >= 11 is 0. The van der Waals surface area contributed by atoms with Crippen molar-refractivity contribution in [3.8, 4) is 11.1 Å². The molecule has 4 N–H and O–H groups in total. The number of hydrogen-bond acceptors (Lipinski definition) is 8. The van der Waals surface area contributed by atoms with Crippen LogP contribution >= 0.6 is 0 Å². The van der Waals surface area contributed by atoms with Crippen LogP contribution in [0.4, 0.5) is 11.5 Å². The van der Waals surface area contributed by atoms with Crippen LogP contribution in [0, 0.1) is 0 Å². The molecule has 0 bridgehead atoms. The van der Waals surface area contributed by atoms with Gasteiger partial charge in [0.1, 0.15) is 11.9 Å². The third-order valence-corrected chi connectivity index (χ3v) is 10.5. The first-order chi connectivity index (χ1) is 26.2. The molecule has 1 saturated carbocycles. The third-order valence-electron chi connectivity index (χ3n) is 10.5. The van der Waals surface area contributed by atoms with Crippen molar-refractivity contribution in [3.05, 3.63) is 125 Å². The highest BCUT2D eigenvalue weighted by Crippen LogP contribution is 2.33. The van der Waals surface area contributed by atoms with E-state index in [4.69, 9.17) is 4.98 Å². The molecule has 274 valence electrons. The van der Waals surface area contributed by atoms with E-state index in [-0.39, 0.29) is 35.0 Å². The van der Waals surface area contributed by atoms with E-state index in [0.717, 1.165) is 70.9 Å². The van der Waals surface area contributed by atoms with Crippen LogP contribution in [0.5, 0.6) is 0 Å². The Kier molecular flexibility index (Phi) is 9.41. The molecule has 12 heteroatoms. The first-order valence-electron chi connectivity index (χ1n) is 18.6. The molecular weight excluding hydrogens is 681 g/mol. The van der Waals surface area contributed by atoms with E-state index in [1.165, 1.54) is 0 Å². The van der Waals surface area contributed by atoms with E-state index in [0.29, 0.717) is 36.3 Å². The van der Waals surface area contributed by atoms with Crippen LogP contribution in [-0.4, -0.2) is 61.3 Å². The number of hydrogen-bond donors (Lipinski definition) is 4. The number of carbonyl (C=O) groups is 4. The number of imide groups is 1. The van der Waals surface area contributed by atoms with E-state index in [2.05, 4.69) is 45.9 Å². The highest BCUT2D eigenvalue weighted by atomic mass is 16.2. The summed E-state index contributed by atoms with van der Waals surface area (Å²) in [5.41, 5.74) is 7.17. The van der Waals surface area contributed by atoms with Crippen LogP contribution in [0.1, 0.15) is 87.8 Å². The molecule has 2 aromatic heterocycles. The maximum absolute atomic E-state index is 13.5. The van der Waals surface area contributed by atoms with Gasteiger partial charge >= 0.3 is 0 Å². The summed E-state index contributed by atoms with van der Waals surface area (Å²) in [4.78, 5) is 58.3. The predicted molar refractivity (Wildman–Crippen MR) is 206 cm³/mol. The first-order valence-corrected chi connectivity index (χ1v) is 18.6. The number of allylic oxidation sites excluding steroid dienone is 1. The minimum absolute atomic E-state index is 0.0784. The Hall–Kier alpha value is -6.30. The van der Waals surface area contributed by atoms with Crippen molar-refractivity contribution in [3.63, 3.8) is 0 Å². The van der Waals surface area contributed by atoms with Gasteiger partial charge in [-0.3, -0.25) is 24.1 Å². The van der Waals surface area contributed by atoms with E-state index in [1.807, 2.05) is 59.1 Å². The van der Waals surface area contributed by atoms with Crippen LogP contribution in [0.25, 0.3) is 16.8 Å². The number of fused-ring (bicyclic) bond motifs is 2. The van der Waals surface area contributed by atoms with Crippen LogP contribution in [0.3, 0.4) is 0 Å². The highest BCUT2D eigenvalue weighted by molar-refractivity contribution is 6.25. The van der Waals surface area contributed by atoms with Gasteiger partial charge in [0.25, 0.3) is 17.7 Å². The van der Waals surface area contributed by atoms with Gasteiger partial charge in [-0.05, 0) is 79.5 Å². The lowest BCUT2D eigenvalue weighted by Crippen LogP contribution is -2.51. The van der Waals surface area contributed by atoms with Gasteiger partial charge in [-0.25, -0.2) is 4.98 Å². The SMILES string of the molecule is C=C1CCC(N2C(=O)c3cccc(NCc4ccc(-c5ccc(C(=O)N[C@@H]6CC[C@@H](Nc7cc(CCC)nc8ccnn78)C6)cc5)cc4)c3C2=O)C(=O)N1. The van der Waals surface area contributed by atoms with Crippen LogP contribution in [0.2, 0.25) is 0 Å². The van der Waals surface area contributed by atoms with Crippen molar-refractivity contribution >= 4 is 40.8 Å². The molecule has 4 amide bonds. The second-order valence-corrected chi connectivity index (χ2v) is 14.3. The Labute approximate surface area is 313 Å². The van der Waals surface area contributed by atoms with Gasteiger partial charge in [0, 0.05) is 53.4 Å². The number of piperidine rings is 1. The van der Waals surface area contributed by atoms with Crippen LogP contribution < -0.4 is 21.3 Å². The zero-order valence-corrected chi connectivity index (χ0v) is 30.1. The lowest BCUT2D eigenvalue weighted by Gasteiger charge is -2.29. The summed E-state index contributed by atoms with van der Waals surface area (Å²) in [5.74, 6) is -0.468. The van der Waals surface area contributed by atoms with Crippen molar-refractivity contribution in [1.29, 1.82) is 0 Å². The van der Waals surface area contributed by atoms with Gasteiger partial charge in [0.2, 0.25) is 5.91 Å². The molecule has 5 aromatic rings. The molecule has 1 saturated heterocycles. The number of aromatic nitrogens is 3. The molecule has 0 spiro atoms. The van der Waals surface area contributed by atoms with Gasteiger partial charge in [0.15, 0.2) is 5.65 Å². The second-order valence-electron chi connectivity index (χ2n) is 14.3. The number of nitrogens with one attached hydrogen (secondary N) is 4. The van der Waals surface area contributed by atoms with Crippen molar-refractivity contribution in [2.45, 2.75) is 76.5 Å². The minimum Gasteiger partial charge on any atom is -0.380 e. The molecule has 4 heterocycles. The van der Waals surface area contributed by atoms with Crippen LogP contribution in [-0.2, 0) is 17.8 Å². The lowest BCUT2D eigenvalue weighted by molar-refractivity contribution is -0.125. The van der Waals surface area contributed by atoms with Crippen molar-refractivity contribution in [2.75, 3.05) is 10.6 Å². The summed E-state index contributed by atoms with van der Waals surface area (Å²) in [6.45, 7) is 6.36. The van der Waals surface area contributed by atoms with E-state index in [9.17, 15) is 19.2 Å². The summed E-state index contributed by atoms with van der Waals surface area (Å²) in [6.07, 6.45) is 7.23. The molecule has 2 fully saturated rings. The molecule has 2 aliphatic heterocycles. The molecule has 3 atom stereocenters. The predicted octanol–water partition coefficient (Wildman–Crippen LogP) is 6.11. The fourth-order valence-electron chi connectivity index (χ4n) is 7.74. The smallest absolute Gasteiger partial charge is 0.264 e. The fourth-order valence-corrected chi connectivity index (χ4v) is 7.74. The van der Waals surface area contributed by atoms with Gasteiger partial charge in [0.05, 0.1) is 17.3 Å². The molecule has 0 radical (unpaired) electrons. The second kappa shape index (κ2) is 14.6. The Morgan fingerprint density at radius 3 is 2.44 bits per heavy atom. The van der Waals surface area contributed by atoms with Gasteiger partial charge in [-0.1, -0.05) is 62.4 Å². The largest absolute Gasteiger partial charge is 0.380 e. The zero-order chi connectivity index (χ0) is 37.3. The Bertz CT molecular complexity index is 2280. The average Bonchev–Trinajstić information content (AvgIpc) is 3.90. The number of nitrogens with zero attached hydrogens (tertiary/aromatic N) is 4. The Morgan fingerprint density at radius 2 is 1.69 bits per heavy atom. The maximum atomic E-state index is 13.5. The number of anilines is 2. The molecule has 12 nitrogen and oxygen atoms in total. The number of rotatable bonds is 11. The molecule has 1 aliphatic carbocycles. The normalized spacial score (nSPS) is 19.6. The zero-order valence-electron chi connectivity index (χ0n) is 30.1. The standard InChI is InChI=1S/C42H42N8O4/c1-3-5-30-23-37(50-36(46-30)20-21-44-50)47-31-17-18-32(22-31)48-39(51)29-15-13-28(14-16-29)27-11-9-26(10-12-27)24-43-34-7-4-6-33-38(34)42(54)49(41(33)53)35-19-8-25(2)45-40(35)52/h4,6-7,9-16,20-21,23,31-32,35,43,47H,2-3,5,8,17-19,22,24H2,1H3,(H,45,52)(H,48,51)/t31-,32-,35?/m1/s1. The van der Waals surface area contributed by atoms with Crippen LogP contribution in [0.15, 0.2) is 97.3 Å². The van der Waals surface area contributed by atoms with E-state index >= 15 is 0 Å². The molecule has 1 unspecified atom stereocenters. The highest BCUT2D eigenvalue weighted by Gasteiger charge is 2.45. The van der Waals surface area contributed by atoms with Crippen molar-refractivity contribution in [1.82, 2.24) is 30.1 Å². The third kappa shape index (κ3) is 6.82. The summed E-state index contributed by atoms with van der Waals surface area (Å²) < 4.78 is 1.84. The average molecular weight is 723 g/mol. The monoisotopic (exact) mass is 722 g/mol. The molecule has 3 aliphatic rings. The molecule has 54 heavy (non-hydrogen) atoms. The summed E-state index contributed by atoms with van der Waals surface area (Å²) in [7, 11) is 0. The number of amides is 4. The van der Waals surface area contributed by atoms with E-state index < -0.39 is 17.9 Å². The number of benzene rings is 3. The van der Waals surface area contributed by atoms with Gasteiger partial charge in [-0.2, -0.15) is 9.61 Å². The quantitative estimate of drug-likeness (QED) is 0.119. The Balaban J connectivity index is 0.855. The topological polar surface area (TPSA) is 150 Å². The molecular formula is C42H42N8O4. The maximum Gasteiger partial charge on any atom is 0.264 e. The van der Waals surface area contributed by atoms with Crippen molar-refractivity contribution in [2.24, 2.45) is 0 Å². The van der Waals surface area contributed by atoms with E-state index in [1.54, 1.807) is 24.4 Å². The Morgan fingerprint density at radius 1 is 0.926 bits per heavy atom. The molecule has 8 rings (SSSR count). The number of aryl methyl sites for hydroxylation is 1. The summed E-state index contributed by atoms with van der Waals surface area (Å²) in [6, 6.07) is 24.2. The van der Waals surface area contributed by atoms with Gasteiger partial charge in [-0.15, -0.1) is 0 Å². The number of carbonyl (C=O) groups excluding carboxylic acids is 4. The summed E-state index contributed by atoms with van der Waals surface area (Å²) in [5, 5.41) is 17.3. The first kappa shape index (κ1) is 34.8. The van der Waals surface area contributed by atoms with Crippen molar-refractivity contribution < 1.29 is 19.2 Å². The van der Waals surface area contributed by atoms with Gasteiger partial charge < -0.3 is 21.3 Å².